The van der Waals surface area contributed by atoms with Crippen molar-refractivity contribution in [2.24, 2.45) is 11.5 Å². The molecule has 0 aromatic carbocycles. The third kappa shape index (κ3) is 4.05. The Hall–Kier alpha value is -0.870. The summed E-state index contributed by atoms with van der Waals surface area (Å²) in [5.74, 6) is -0.457. The maximum Gasteiger partial charge on any atom is 0.333 e. The molecule has 0 aromatic heterocycles. The molecule has 0 bridgehead atoms. The Morgan fingerprint density at radius 1 is 1.70 bits per heavy atom. The van der Waals surface area contributed by atoms with Crippen LogP contribution in [0.5, 0.6) is 0 Å². The van der Waals surface area contributed by atoms with Gasteiger partial charge in [0.15, 0.2) is 0 Å². The minimum absolute atomic E-state index is 0.0334. The van der Waals surface area contributed by atoms with Crippen LogP contribution in [0, 0.1) is 0 Å². The number of nitrogens with two attached hydrogens (primary N) is 2. The van der Waals surface area contributed by atoms with Crippen molar-refractivity contribution in [1.29, 1.82) is 0 Å². The normalized spacial score (nSPS) is 9.60. The van der Waals surface area contributed by atoms with Gasteiger partial charge in [-0.25, -0.2) is 4.79 Å². The molecule has 0 radical (unpaired) electrons. The first-order valence-electron chi connectivity index (χ1n) is 2.88. The molecule has 0 fully saturated rings. The summed E-state index contributed by atoms with van der Waals surface area (Å²) in [5.41, 5.74) is 10.6. The van der Waals surface area contributed by atoms with Gasteiger partial charge in [0.1, 0.15) is 6.61 Å². The van der Waals surface area contributed by atoms with E-state index in [-0.39, 0.29) is 6.61 Å². The molecule has 0 aliphatic heterocycles. The predicted molar refractivity (Wildman–Crippen MR) is 37.9 cm³/mol. The lowest BCUT2D eigenvalue weighted by Crippen LogP contribution is -2.36. The molecule has 10 heavy (non-hydrogen) atoms. The molecule has 0 spiro atoms. The van der Waals surface area contributed by atoms with Gasteiger partial charge in [-0.1, -0.05) is 6.58 Å². The summed E-state index contributed by atoms with van der Waals surface area (Å²) in [6.45, 7) is 4.97. The second kappa shape index (κ2) is 4.03. The van der Waals surface area contributed by atoms with Crippen molar-refractivity contribution < 1.29 is 9.53 Å². The number of esters is 1. The van der Waals surface area contributed by atoms with Crippen molar-refractivity contribution in [2.45, 2.75) is 13.1 Å². The minimum Gasteiger partial charge on any atom is -0.459 e. The van der Waals surface area contributed by atoms with Crippen LogP contribution in [0.1, 0.15) is 6.92 Å². The van der Waals surface area contributed by atoms with Crippen LogP contribution in [-0.4, -0.2) is 18.7 Å². The van der Waals surface area contributed by atoms with E-state index in [1.807, 2.05) is 0 Å². The van der Waals surface area contributed by atoms with Crippen molar-refractivity contribution in [2.75, 3.05) is 6.61 Å². The number of carbonyl (C=O) groups is 1. The lowest BCUT2D eigenvalue weighted by Gasteiger charge is -2.05. The summed E-state index contributed by atoms with van der Waals surface area (Å²) in [7, 11) is 0. The second-order valence-electron chi connectivity index (χ2n) is 2.04. The number of hydrogen-bond donors (Lipinski definition) is 2. The van der Waals surface area contributed by atoms with E-state index in [0.717, 1.165) is 0 Å². The first kappa shape index (κ1) is 9.13. The maximum atomic E-state index is 10.6. The molecule has 0 saturated heterocycles. The van der Waals surface area contributed by atoms with Crippen LogP contribution in [0.15, 0.2) is 12.2 Å². The van der Waals surface area contributed by atoms with Gasteiger partial charge in [0.05, 0.1) is 6.17 Å². The highest BCUT2D eigenvalue weighted by molar-refractivity contribution is 5.86. The third-order valence-corrected chi connectivity index (χ3v) is 0.755. The van der Waals surface area contributed by atoms with E-state index in [1.165, 1.54) is 0 Å². The Bertz CT molecular complexity index is 143. The van der Waals surface area contributed by atoms with Gasteiger partial charge in [-0.05, 0) is 6.92 Å². The largest absolute Gasteiger partial charge is 0.459 e. The van der Waals surface area contributed by atoms with Crippen LogP contribution >= 0.6 is 0 Å². The molecule has 0 unspecified atom stereocenters. The van der Waals surface area contributed by atoms with Gasteiger partial charge in [0, 0.05) is 5.57 Å². The molecular formula is C6H12N2O2. The molecule has 4 N–H and O–H groups in total. The Morgan fingerprint density at radius 2 is 2.20 bits per heavy atom. The van der Waals surface area contributed by atoms with E-state index in [0.29, 0.717) is 5.57 Å². The van der Waals surface area contributed by atoms with E-state index >= 15 is 0 Å². The smallest absolute Gasteiger partial charge is 0.333 e. The van der Waals surface area contributed by atoms with Gasteiger partial charge in [0.25, 0.3) is 0 Å². The number of carbonyl (C=O) groups excluding carboxylic acids is 1. The first-order valence-corrected chi connectivity index (χ1v) is 2.88. The number of hydrogen-bond acceptors (Lipinski definition) is 4. The average Bonchev–Trinajstić information content (AvgIpc) is 1.82. The molecule has 0 aromatic rings. The lowest BCUT2D eigenvalue weighted by atomic mass is 10.4. The standard InChI is InChI=1S/C6H12N2O2/c1-4(2)6(9)10-3-5(7)8/h5H,1,3,7-8H2,2H3. The van der Waals surface area contributed by atoms with Crippen LogP contribution in [0.3, 0.4) is 0 Å². The summed E-state index contributed by atoms with van der Waals surface area (Å²) >= 11 is 0. The molecular weight excluding hydrogens is 132 g/mol. The van der Waals surface area contributed by atoms with E-state index in [4.69, 9.17) is 11.5 Å². The fraction of sp³-hybridized carbons (Fsp3) is 0.500. The topological polar surface area (TPSA) is 78.3 Å². The van der Waals surface area contributed by atoms with Gasteiger partial charge < -0.3 is 16.2 Å². The highest BCUT2D eigenvalue weighted by Gasteiger charge is 2.03. The highest BCUT2D eigenvalue weighted by atomic mass is 16.5. The molecule has 0 amide bonds. The Morgan fingerprint density at radius 3 is 2.50 bits per heavy atom. The molecule has 0 atom stereocenters. The quantitative estimate of drug-likeness (QED) is 0.313. The Labute approximate surface area is 59.8 Å². The average molecular weight is 144 g/mol. The molecule has 0 aliphatic rings. The van der Waals surface area contributed by atoms with Gasteiger partial charge in [0.2, 0.25) is 0 Å². The van der Waals surface area contributed by atoms with Gasteiger partial charge in [-0.15, -0.1) is 0 Å². The van der Waals surface area contributed by atoms with E-state index in [1.54, 1.807) is 6.92 Å². The van der Waals surface area contributed by atoms with Crippen LogP contribution < -0.4 is 11.5 Å². The SMILES string of the molecule is C=C(C)C(=O)OCC(N)N. The highest BCUT2D eigenvalue weighted by Crippen LogP contribution is 1.90. The van der Waals surface area contributed by atoms with E-state index in [2.05, 4.69) is 11.3 Å². The van der Waals surface area contributed by atoms with Crippen molar-refractivity contribution in [3.63, 3.8) is 0 Å². The summed E-state index contributed by atoms with van der Waals surface area (Å²) in [5, 5.41) is 0. The number of ether oxygens (including phenoxy) is 1. The van der Waals surface area contributed by atoms with Gasteiger partial charge in [-0.3, -0.25) is 0 Å². The third-order valence-electron chi connectivity index (χ3n) is 0.755. The van der Waals surface area contributed by atoms with Crippen LogP contribution in [0.4, 0.5) is 0 Å². The summed E-state index contributed by atoms with van der Waals surface area (Å²) in [4.78, 5) is 10.6. The Kier molecular flexibility index (Phi) is 3.68. The summed E-state index contributed by atoms with van der Waals surface area (Å²) < 4.78 is 4.58. The maximum absolute atomic E-state index is 10.6. The number of rotatable bonds is 3. The van der Waals surface area contributed by atoms with Gasteiger partial charge in [-0.2, -0.15) is 0 Å². The fourth-order valence-electron chi connectivity index (χ4n) is 0.295. The van der Waals surface area contributed by atoms with E-state index in [9.17, 15) is 4.79 Å². The Balaban J connectivity index is 3.50. The van der Waals surface area contributed by atoms with Crippen LogP contribution in [0.25, 0.3) is 0 Å². The van der Waals surface area contributed by atoms with Crippen molar-refractivity contribution in [3.05, 3.63) is 12.2 Å². The molecule has 58 valence electrons. The van der Waals surface area contributed by atoms with Gasteiger partial charge >= 0.3 is 5.97 Å². The zero-order valence-electron chi connectivity index (χ0n) is 5.96. The van der Waals surface area contributed by atoms with Crippen molar-refractivity contribution >= 4 is 5.97 Å². The molecule has 4 heteroatoms. The monoisotopic (exact) mass is 144 g/mol. The van der Waals surface area contributed by atoms with Crippen molar-refractivity contribution in [1.82, 2.24) is 0 Å². The predicted octanol–water partition coefficient (Wildman–Crippen LogP) is -0.651. The van der Waals surface area contributed by atoms with Crippen LogP contribution in [-0.2, 0) is 9.53 Å². The van der Waals surface area contributed by atoms with Crippen molar-refractivity contribution in [3.8, 4) is 0 Å². The molecule has 4 nitrogen and oxygen atoms in total. The molecule has 0 heterocycles. The zero-order chi connectivity index (χ0) is 8.15. The minimum atomic E-state index is -0.608. The molecule has 0 rings (SSSR count). The summed E-state index contributed by atoms with van der Waals surface area (Å²) in [6, 6.07) is 0. The second-order valence-corrected chi connectivity index (χ2v) is 2.04. The zero-order valence-corrected chi connectivity index (χ0v) is 5.96. The van der Waals surface area contributed by atoms with E-state index < -0.39 is 12.1 Å². The van der Waals surface area contributed by atoms with Crippen LogP contribution in [0.2, 0.25) is 0 Å². The fourth-order valence-corrected chi connectivity index (χ4v) is 0.295. The summed E-state index contributed by atoms with van der Waals surface area (Å²) in [6.07, 6.45) is -0.608. The first-order chi connectivity index (χ1) is 4.54. The molecule has 0 saturated carbocycles. The lowest BCUT2D eigenvalue weighted by molar-refractivity contribution is -0.139. The molecule has 0 aliphatic carbocycles.